The van der Waals surface area contributed by atoms with Crippen LogP contribution in [0.15, 0.2) is 33.0 Å². The van der Waals surface area contributed by atoms with Crippen LogP contribution in [0.25, 0.3) is 0 Å². The molecule has 0 N–H and O–H groups in total. The molecule has 0 atom stereocenters. The van der Waals surface area contributed by atoms with Gasteiger partial charge in [0, 0.05) is 17.0 Å². The van der Waals surface area contributed by atoms with Gasteiger partial charge in [-0.15, -0.1) is 11.3 Å². The minimum Gasteiger partial charge on any atom is -0.308 e. The highest BCUT2D eigenvalue weighted by atomic mass is 79.9. The quantitative estimate of drug-likeness (QED) is 0.847. The molecule has 3 nitrogen and oxygen atoms in total. The first-order valence-corrected chi connectivity index (χ1v) is 7.35. The van der Waals surface area contributed by atoms with Crippen molar-refractivity contribution in [2.24, 2.45) is 0 Å². The summed E-state index contributed by atoms with van der Waals surface area (Å²) in [6.45, 7) is 6.93. The zero-order valence-corrected chi connectivity index (χ0v) is 13.0. The predicted molar refractivity (Wildman–Crippen MR) is 78.3 cm³/mol. The number of nitrogens with zero attached hydrogens (tertiary/aromatic N) is 2. The Hall–Kier alpha value is -0.940. The topological polar surface area (TPSA) is 34.9 Å². The molecule has 0 spiro atoms. The highest BCUT2D eigenvalue weighted by Crippen LogP contribution is 2.24. The molecule has 5 heteroatoms. The van der Waals surface area contributed by atoms with E-state index in [1.165, 1.54) is 0 Å². The summed E-state index contributed by atoms with van der Waals surface area (Å²) in [5.41, 5.74) is 1.10. The normalized spacial score (nSPS) is 11.8. The second-order valence-electron chi connectivity index (χ2n) is 5.17. The van der Waals surface area contributed by atoms with E-state index in [4.69, 9.17) is 0 Å². The molecule has 0 aliphatic rings. The molecule has 96 valence electrons. The van der Waals surface area contributed by atoms with Crippen molar-refractivity contribution in [2.75, 3.05) is 0 Å². The van der Waals surface area contributed by atoms with Crippen LogP contribution >= 0.6 is 27.3 Å². The molecule has 0 bridgehead atoms. The zero-order valence-electron chi connectivity index (χ0n) is 10.6. The smallest absolute Gasteiger partial charge is 0.265 e. The van der Waals surface area contributed by atoms with E-state index < -0.39 is 0 Å². The average molecular weight is 327 g/mol. The van der Waals surface area contributed by atoms with Gasteiger partial charge in [-0.3, -0.25) is 4.79 Å². The maximum absolute atomic E-state index is 11.9. The third-order valence-corrected chi connectivity index (χ3v) is 4.04. The molecule has 0 fully saturated rings. The van der Waals surface area contributed by atoms with Crippen LogP contribution in [-0.4, -0.2) is 9.55 Å². The Balaban J connectivity index is 2.27. The van der Waals surface area contributed by atoms with E-state index in [0.29, 0.717) is 11.0 Å². The van der Waals surface area contributed by atoms with Gasteiger partial charge in [-0.25, -0.2) is 4.98 Å². The molecule has 2 aromatic heterocycles. The van der Waals surface area contributed by atoms with E-state index >= 15 is 0 Å². The summed E-state index contributed by atoms with van der Waals surface area (Å²) in [5.74, 6) is 0. The maximum Gasteiger partial charge on any atom is 0.265 e. The van der Waals surface area contributed by atoms with Gasteiger partial charge in [0.1, 0.15) is 5.01 Å². The van der Waals surface area contributed by atoms with E-state index in [1.807, 2.05) is 6.07 Å². The summed E-state index contributed by atoms with van der Waals surface area (Å²) in [6, 6.07) is 3.60. The predicted octanol–water partition coefficient (Wildman–Crippen LogP) is 3.41. The lowest BCUT2D eigenvalue weighted by Crippen LogP contribution is -2.20. The Bertz CT molecular complexity index is 610. The van der Waals surface area contributed by atoms with Crippen LogP contribution in [0.1, 0.15) is 31.5 Å². The van der Waals surface area contributed by atoms with E-state index in [-0.39, 0.29) is 11.0 Å². The molecule has 2 heterocycles. The van der Waals surface area contributed by atoms with Gasteiger partial charge in [0.25, 0.3) is 5.56 Å². The molecule has 2 aromatic rings. The SMILES string of the molecule is CC(C)(C)c1csc(Cn2cccc(Br)c2=O)n1. The first-order valence-electron chi connectivity index (χ1n) is 5.68. The van der Waals surface area contributed by atoms with Crippen molar-refractivity contribution in [1.82, 2.24) is 9.55 Å². The van der Waals surface area contributed by atoms with Gasteiger partial charge in [-0.2, -0.15) is 0 Å². The summed E-state index contributed by atoms with van der Waals surface area (Å²) >= 11 is 4.85. The summed E-state index contributed by atoms with van der Waals surface area (Å²) in [6.07, 6.45) is 1.78. The number of rotatable bonds is 2. The molecular formula is C13H15BrN2OS. The van der Waals surface area contributed by atoms with Crippen LogP contribution in [0, 0.1) is 0 Å². The lowest BCUT2D eigenvalue weighted by molar-refractivity contribution is 0.569. The van der Waals surface area contributed by atoms with Crippen LogP contribution in [0.5, 0.6) is 0 Å². The average Bonchev–Trinajstić information content (AvgIpc) is 2.73. The third kappa shape index (κ3) is 2.90. The fraction of sp³-hybridized carbons (Fsp3) is 0.385. The number of pyridine rings is 1. The van der Waals surface area contributed by atoms with Gasteiger partial charge in [-0.1, -0.05) is 20.8 Å². The summed E-state index contributed by atoms with van der Waals surface area (Å²) < 4.78 is 2.24. The minimum atomic E-state index is -0.0231. The maximum atomic E-state index is 11.9. The van der Waals surface area contributed by atoms with E-state index in [0.717, 1.165) is 10.7 Å². The van der Waals surface area contributed by atoms with Gasteiger partial charge >= 0.3 is 0 Å². The van der Waals surface area contributed by atoms with E-state index in [2.05, 4.69) is 47.1 Å². The molecule has 0 amide bonds. The fourth-order valence-electron chi connectivity index (χ4n) is 1.51. The van der Waals surface area contributed by atoms with Crippen molar-refractivity contribution in [3.8, 4) is 0 Å². The largest absolute Gasteiger partial charge is 0.308 e. The van der Waals surface area contributed by atoms with Crippen LogP contribution in [-0.2, 0) is 12.0 Å². The summed E-state index contributed by atoms with van der Waals surface area (Å²) in [7, 11) is 0. The van der Waals surface area contributed by atoms with Crippen LogP contribution in [0.4, 0.5) is 0 Å². The molecule has 0 aliphatic carbocycles. The Morgan fingerprint density at radius 2 is 2.17 bits per heavy atom. The van der Waals surface area contributed by atoms with Crippen molar-refractivity contribution in [3.05, 3.63) is 49.2 Å². The Morgan fingerprint density at radius 1 is 1.44 bits per heavy atom. The lowest BCUT2D eigenvalue weighted by atomic mass is 9.93. The van der Waals surface area contributed by atoms with Gasteiger partial charge in [-0.05, 0) is 28.1 Å². The number of thiazole rings is 1. The molecular weight excluding hydrogens is 312 g/mol. The van der Waals surface area contributed by atoms with Crippen molar-refractivity contribution in [1.29, 1.82) is 0 Å². The molecule has 18 heavy (non-hydrogen) atoms. The third-order valence-electron chi connectivity index (χ3n) is 2.60. The highest BCUT2D eigenvalue weighted by Gasteiger charge is 2.17. The molecule has 0 unspecified atom stereocenters. The summed E-state index contributed by atoms with van der Waals surface area (Å²) in [5, 5.41) is 3.03. The second kappa shape index (κ2) is 4.97. The molecule has 0 aromatic carbocycles. The first-order chi connectivity index (χ1) is 8.38. The molecule has 0 radical (unpaired) electrons. The number of hydrogen-bond donors (Lipinski definition) is 0. The first kappa shape index (κ1) is 13.5. The van der Waals surface area contributed by atoms with Gasteiger partial charge in [0.2, 0.25) is 0 Å². The van der Waals surface area contributed by atoms with Crippen molar-refractivity contribution < 1.29 is 0 Å². The van der Waals surface area contributed by atoms with Crippen molar-refractivity contribution in [3.63, 3.8) is 0 Å². The minimum absolute atomic E-state index is 0.0231. The van der Waals surface area contributed by atoms with Gasteiger partial charge in [0.05, 0.1) is 16.7 Å². The Labute approximate surface area is 119 Å². The van der Waals surface area contributed by atoms with Crippen LogP contribution in [0.2, 0.25) is 0 Å². The van der Waals surface area contributed by atoms with Gasteiger partial charge in [0.15, 0.2) is 0 Å². The Kier molecular flexibility index (Phi) is 3.73. The second-order valence-corrected chi connectivity index (χ2v) is 6.96. The highest BCUT2D eigenvalue weighted by molar-refractivity contribution is 9.10. The monoisotopic (exact) mass is 326 g/mol. The molecule has 2 rings (SSSR count). The molecule has 0 aliphatic heterocycles. The van der Waals surface area contributed by atoms with Crippen molar-refractivity contribution in [2.45, 2.75) is 32.7 Å². The fourth-order valence-corrected chi connectivity index (χ4v) is 2.90. The molecule has 0 saturated carbocycles. The van der Waals surface area contributed by atoms with Crippen LogP contribution in [0.3, 0.4) is 0 Å². The van der Waals surface area contributed by atoms with Crippen LogP contribution < -0.4 is 5.56 Å². The number of hydrogen-bond acceptors (Lipinski definition) is 3. The number of aromatic nitrogens is 2. The standard InChI is InChI=1S/C13H15BrN2OS/c1-13(2,3)10-8-18-11(15-10)7-16-6-4-5-9(14)12(16)17/h4-6,8H,7H2,1-3H3. The van der Waals surface area contributed by atoms with Crippen molar-refractivity contribution >= 4 is 27.3 Å². The Morgan fingerprint density at radius 3 is 2.78 bits per heavy atom. The summed E-state index contributed by atoms with van der Waals surface area (Å²) in [4.78, 5) is 16.5. The lowest BCUT2D eigenvalue weighted by Gasteiger charge is -2.14. The van der Waals surface area contributed by atoms with E-state index in [1.54, 1.807) is 28.2 Å². The molecule has 0 saturated heterocycles. The van der Waals surface area contributed by atoms with E-state index in [9.17, 15) is 4.79 Å². The number of halogens is 1. The van der Waals surface area contributed by atoms with Gasteiger partial charge < -0.3 is 4.57 Å². The zero-order chi connectivity index (χ0) is 13.3.